The summed E-state index contributed by atoms with van der Waals surface area (Å²) in [5.41, 5.74) is 0.904. The summed E-state index contributed by atoms with van der Waals surface area (Å²) >= 11 is 0. The molecule has 1 saturated heterocycles. The smallest absolute Gasteiger partial charge is 0.327 e. The molecule has 1 atom stereocenters. The van der Waals surface area contributed by atoms with Gasteiger partial charge in [-0.15, -0.1) is 0 Å². The molecule has 0 amide bonds. The minimum absolute atomic E-state index is 0.241. The van der Waals surface area contributed by atoms with E-state index in [1.54, 1.807) is 0 Å². The molecule has 50 valence electrons. The van der Waals surface area contributed by atoms with E-state index in [9.17, 15) is 4.79 Å². The number of ether oxygens (including phenoxy) is 1. The lowest BCUT2D eigenvalue weighted by molar-refractivity contribution is -0.143. The first-order valence-electron chi connectivity index (χ1n) is 2.74. The molecule has 0 radical (unpaired) electrons. The Kier molecular flexibility index (Phi) is 1.53. The summed E-state index contributed by atoms with van der Waals surface area (Å²) in [5.74, 6) is -0.244. The van der Waals surface area contributed by atoms with Gasteiger partial charge in [-0.1, -0.05) is 6.58 Å². The number of methoxy groups -OCH3 is 1. The average Bonchev–Trinajstić information content (AvgIpc) is 1.84. The SMILES string of the molecule is C=C1CNC1C(=O)OC. The molecule has 3 heteroatoms. The van der Waals surface area contributed by atoms with E-state index in [2.05, 4.69) is 16.6 Å². The number of nitrogens with one attached hydrogen (secondary N) is 1. The van der Waals surface area contributed by atoms with Gasteiger partial charge in [0.15, 0.2) is 0 Å². The normalized spacial score (nSPS) is 25.0. The van der Waals surface area contributed by atoms with Crippen LogP contribution in [-0.2, 0) is 9.53 Å². The van der Waals surface area contributed by atoms with Crippen molar-refractivity contribution < 1.29 is 9.53 Å². The van der Waals surface area contributed by atoms with Crippen LogP contribution in [0.5, 0.6) is 0 Å². The fourth-order valence-electron chi connectivity index (χ4n) is 0.716. The summed E-state index contributed by atoms with van der Waals surface area (Å²) in [5, 5.41) is 2.87. The van der Waals surface area contributed by atoms with Gasteiger partial charge in [0.1, 0.15) is 6.04 Å². The van der Waals surface area contributed by atoms with Crippen molar-refractivity contribution in [3.05, 3.63) is 12.2 Å². The highest BCUT2D eigenvalue weighted by Crippen LogP contribution is 2.09. The van der Waals surface area contributed by atoms with Crippen molar-refractivity contribution in [1.29, 1.82) is 0 Å². The molecule has 0 saturated carbocycles. The van der Waals surface area contributed by atoms with Crippen molar-refractivity contribution in [2.24, 2.45) is 0 Å². The summed E-state index contributed by atoms with van der Waals surface area (Å²) in [7, 11) is 1.37. The molecule has 0 aromatic rings. The van der Waals surface area contributed by atoms with Crippen LogP contribution in [-0.4, -0.2) is 25.7 Å². The third-order valence-corrected chi connectivity index (χ3v) is 1.38. The monoisotopic (exact) mass is 127 g/mol. The van der Waals surface area contributed by atoms with Gasteiger partial charge in [0, 0.05) is 6.54 Å². The van der Waals surface area contributed by atoms with Crippen LogP contribution in [0.25, 0.3) is 0 Å². The molecule has 1 fully saturated rings. The molecule has 0 aromatic carbocycles. The van der Waals surface area contributed by atoms with Crippen molar-refractivity contribution in [3.8, 4) is 0 Å². The maximum absolute atomic E-state index is 10.7. The molecule has 1 aliphatic heterocycles. The highest BCUT2D eigenvalue weighted by Gasteiger charge is 2.28. The molecular weight excluding hydrogens is 118 g/mol. The molecule has 0 spiro atoms. The van der Waals surface area contributed by atoms with Gasteiger partial charge in [0.05, 0.1) is 7.11 Å². The number of esters is 1. The van der Waals surface area contributed by atoms with Crippen LogP contribution in [0, 0.1) is 0 Å². The first-order chi connectivity index (χ1) is 4.25. The Labute approximate surface area is 53.7 Å². The lowest BCUT2D eigenvalue weighted by Crippen LogP contribution is -2.51. The van der Waals surface area contributed by atoms with Gasteiger partial charge >= 0.3 is 5.97 Å². The Hall–Kier alpha value is -0.830. The van der Waals surface area contributed by atoms with E-state index in [0.717, 1.165) is 12.1 Å². The van der Waals surface area contributed by atoms with Crippen molar-refractivity contribution >= 4 is 5.97 Å². The second kappa shape index (κ2) is 2.19. The van der Waals surface area contributed by atoms with Crippen LogP contribution >= 0.6 is 0 Å². The van der Waals surface area contributed by atoms with Gasteiger partial charge in [0.25, 0.3) is 0 Å². The second-order valence-corrected chi connectivity index (χ2v) is 2.00. The molecular formula is C6H9NO2. The number of carbonyl (C=O) groups is 1. The lowest BCUT2D eigenvalue weighted by atomic mass is 10.0. The zero-order valence-corrected chi connectivity index (χ0v) is 5.31. The first-order valence-corrected chi connectivity index (χ1v) is 2.74. The highest BCUT2D eigenvalue weighted by molar-refractivity contribution is 5.81. The largest absolute Gasteiger partial charge is 0.468 e. The third-order valence-electron chi connectivity index (χ3n) is 1.38. The van der Waals surface area contributed by atoms with Crippen LogP contribution in [0.2, 0.25) is 0 Å². The number of carbonyl (C=O) groups excluding carboxylic acids is 1. The topological polar surface area (TPSA) is 38.3 Å². The molecule has 0 aromatic heterocycles. The zero-order valence-electron chi connectivity index (χ0n) is 5.31. The van der Waals surface area contributed by atoms with Gasteiger partial charge in [0.2, 0.25) is 0 Å². The Morgan fingerprint density at radius 3 is 2.78 bits per heavy atom. The Morgan fingerprint density at radius 1 is 2.00 bits per heavy atom. The van der Waals surface area contributed by atoms with Crippen molar-refractivity contribution in [2.45, 2.75) is 6.04 Å². The van der Waals surface area contributed by atoms with E-state index in [1.807, 2.05) is 0 Å². The van der Waals surface area contributed by atoms with Crippen molar-refractivity contribution in [1.82, 2.24) is 5.32 Å². The second-order valence-electron chi connectivity index (χ2n) is 2.00. The van der Waals surface area contributed by atoms with Gasteiger partial charge in [-0.05, 0) is 5.57 Å². The molecule has 1 unspecified atom stereocenters. The maximum atomic E-state index is 10.7. The molecule has 1 rings (SSSR count). The predicted octanol–water partition coefficient (Wildman–Crippen LogP) is -0.313. The standard InChI is InChI=1S/C6H9NO2/c1-4-3-7-5(4)6(8)9-2/h5,7H,1,3H2,2H3. The maximum Gasteiger partial charge on any atom is 0.327 e. The van der Waals surface area contributed by atoms with Gasteiger partial charge in [-0.2, -0.15) is 0 Å². The van der Waals surface area contributed by atoms with Crippen LogP contribution < -0.4 is 5.32 Å². The molecule has 0 bridgehead atoms. The Balaban J connectivity index is 2.44. The van der Waals surface area contributed by atoms with Gasteiger partial charge in [-0.25, -0.2) is 0 Å². The first kappa shape index (κ1) is 6.29. The van der Waals surface area contributed by atoms with E-state index in [-0.39, 0.29) is 12.0 Å². The number of hydrogen-bond donors (Lipinski definition) is 1. The van der Waals surface area contributed by atoms with Crippen molar-refractivity contribution in [3.63, 3.8) is 0 Å². The number of rotatable bonds is 1. The summed E-state index contributed by atoms with van der Waals surface area (Å²) in [6, 6.07) is -0.241. The minimum atomic E-state index is -0.244. The number of hydrogen-bond acceptors (Lipinski definition) is 3. The predicted molar refractivity (Wildman–Crippen MR) is 32.9 cm³/mol. The fraction of sp³-hybridized carbons (Fsp3) is 0.500. The van der Waals surface area contributed by atoms with E-state index in [0.29, 0.717) is 0 Å². The van der Waals surface area contributed by atoms with E-state index >= 15 is 0 Å². The van der Waals surface area contributed by atoms with Gasteiger partial charge in [-0.3, -0.25) is 10.1 Å². The summed E-state index contributed by atoms with van der Waals surface area (Å²) in [6.07, 6.45) is 0. The zero-order chi connectivity index (χ0) is 6.85. The van der Waals surface area contributed by atoms with Crippen LogP contribution in [0.3, 0.4) is 0 Å². The Bertz CT molecular complexity index is 153. The van der Waals surface area contributed by atoms with Gasteiger partial charge < -0.3 is 4.74 Å². The van der Waals surface area contributed by atoms with E-state index in [4.69, 9.17) is 0 Å². The highest BCUT2D eigenvalue weighted by atomic mass is 16.5. The van der Waals surface area contributed by atoms with Crippen LogP contribution in [0.1, 0.15) is 0 Å². The summed E-state index contributed by atoms with van der Waals surface area (Å²) < 4.78 is 4.46. The molecule has 3 nitrogen and oxygen atoms in total. The molecule has 0 aliphatic carbocycles. The van der Waals surface area contributed by atoms with E-state index < -0.39 is 0 Å². The quantitative estimate of drug-likeness (QED) is 0.388. The van der Waals surface area contributed by atoms with E-state index in [1.165, 1.54) is 7.11 Å². The molecule has 1 heterocycles. The fourth-order valence-corrected chi connectivity index (χ4v) is 0.716. The third kappa shape index (κ3) is 0.954. The van der Waals surface area contributed by atoms with Crippen LogP contribution in [0.15, 0.2) is 12.2 Å². The lowest BCUT2D eigenvalue weighted by Gasteiger charge is -2.27. The molecule has 1 N–H and O–H groups in total. The summed E-state index contributed by atoms with van der Waals surface area (Å²) in [6.45, 7) is 4.38. The molecule has 9 heavy (non-hydrogen) atoms. The molecule has 1 aliphatic rings. The van der Waals surface area contributed by atoms with Crippen LogP contribution in [0.4, 0.5) is 0 Å². The average molecular weight is 127 g/mol. The van der Waals surface area contributed by atoms with Crippen molar-refractivity contribution in [2.75, 3.05) is 13.7 Å². The Morgan fingerprint density at radius 2 is 2.67 bits per heavy atom. The summed E-state index contributed by atoms with van der Waals surface area (Å²) in [4.78, 5) is 10.7. The minimum Gasteiger partial charge on any atom is -0.468 e.